The molecule has 0 spiro atoms. The molecule has 1 aromatic carbocycles. The Morgan fingerprint density at radius 2 is 1.78 bits per heavy atom. The average molecular weight is 515 g/mol. The lowest BCUT2D eigenvalue weighted by Crippen LogP contribution is -2.49. The van der Waals surface area contributed by atoms with Crippen LogP contribution in [0.1, 0.15) is 23.7 Å². The number of nitrogens with one attached hydrogen (secondary N) is 1. The second-order valence-corrected chi connectivity index (χ2v) is 10.6. The number of aromatic nitrogens is 2. The van der Waals surface area contributed by atoms with Gasteiger partial charge in [0.2, 0.25) is 0 Å². The second-order valence-electron chi connectivity index (χ2n) is 10.6. The van der Waals surface area contributed by atoms with Crippen LogP contribution in [0.2, 0.25) is 0 Å². The van der Waals surface area contributed by atoms with Gasteiger partial charge in [-0.25, -0.2) is 4.98 Å². The lowest BCUT2D eigenvalue weighted by Gasteiger charge is -2.35. The number of piperazine rings is 1. The van der Waals surface area contributed by atoms with E-state index in [9.17, 15) is 10.2 Å². The smallest absolute Gasteiger partial charge is 0.165 e. The Hall–Kier alpha value is -2.09. The molecule has 1 unspecified atom stereocenters. The van der Waals surface area contributed by atoms with Gasteiger partial charge in [-0.05, 0) is 19.0 Å². The maximum absolute atomic E-state index is 10.8. The molecule has 0 saturated carbocycles. The summed E-state index contributed by atoms with van der Waals surface area (Å²) in [5.41, 5.74) is 8.24. The minimum Gasteiger partial charge on any atom is -0.387 e. The van der Waals surface area contributed by atoms with Crippen molar-refractivity contribution < 1.29 is 14.9 Å². The molecule has 2 saturated heterocycles. The van der Waals surface area contributed by atoms with E-state index in [4.69, 9.17) is 10.5 Å². The number of imidazole rings is 1. The maximum atomic E-state index is 10.8. The van der Waals surface area contributed by atoms with E-state index in [-0.39, 0.29) is 6.17 Å². The van der Waals surface area contributed by atoms with Crippen molar-refractivity contribution in [3.63, 3.8) is 0 Å². The van der Waals surface area contributed by atoms with Gasteiger partial charge in [-0.3, -0.25) is 14.8 Å². The van der Waals surface area contributed by atoms with Gasteiger partial charge in [-0.15, -0.1) is 0 Å². The third-order valence-corrected chi connectivity index (χ3v) is 7.92. The van der Waals surface area contributed by atoms with E-state index in [1.165, 1.54) is 5.56 Å². The van der Waals surface area contributed by atoms with Crippen LogP contribution in [0.4, 0.5) is 5.82 Å². The summed E-state index contributed by atoms with van der Waals surface area (Å²) >= 11 is 0. The number of aliphatic hydroxyl groups excluding tert-OH is 2. The highest BCUT2D eigenvalue weighted by molar-refractivity contribution is 5.48. The SMILES string of the molecule is CN(CCN1CCN(CCc2ccccc2)CC1)C[C@H]1O[C@@H](n2cnc3c2N(C)CNC3N)[C@H](O)[C@@H]1O. The van der Waals surface area contributed by atoms with Crippen molar-refractivity contribution in [2.75, 3.05) is 78.0 Å². The molecule has 2 aromatic rings. The van der Waals surface area contributed by atoms with Crippen LogP contribution in [-0.2, 0) is 11.2 Å². The number of aliphatic hydroxyl groups is 2. The van der Waals surface area contributed by atoms with Crippen molar-refractivity contribution in [1.29, 1.82) is 0 Å². The number of nitrogens with two attached hydrogens (primary N) is 1. The fraction of sp³-hybridized carbons (Fsp3) is 0.654. The maximum Gasteiger partial charge on any atom is 0.165 e. The number of anilines is 1. The van der Waals surface area contributed by atoms with Crippen LogP contribution in [0.3, 0.4) is 0 Å². The first kappa shape index (κ1) is 26.5. The van der Waals surface area contributed by atoms with Gasteiger partial charge in [0.25, 0.3) is 0 Å². The number of hydrogen-bond donors (Lipinski definition) is 4. The van der Waals surface area contributed by atoms with Crippen molar-refractivity contribution in [1.82, 2.24) is 29.6 Å². The first-order chi connectivity index (χ1) is 17.9. The second kappa shape index (κ2) is 11.7. The molecule has 1 aromatic heterocycles. The predicted octanol–water partition coefficient (Wildman–Crippen LogP) is -0.751. The highest BCUT2D eigenvalue weighted by Crippen LogP contribution is 2.36. The first-order valence-corrected chi connectivity index (χ1v) is 13.4. The summed E-state index contributed by atoms with van der Waals surface area (Å²) in [5, 5.41) is 24.8. The van der Waals surface area contributed by atoms with E-state index < -0.39 is 24.5 Å². The van der Waals surface area contributed by atoms with E-state index in [0.717, 1.165) is 58.1 Å². The Balaban J connectivity index is 1.07. The lowest BCUT2D eigenvalue weighted by atomic mass is 10.1. The van der Waals surface area contributed by atoms with Crippen molar-refractivity contribution in [2.45, 2.75) is 37.1 Å². The molecule has 5 N–H and O–H groups in total. The minimum absolute atomic E-state index is 0.372. The zero-order valence-electron chi connectivity index (χ0n) is 22.0. The lowest BCUT2D eigenvalue weighted by molar-refractivity contribution is -0.0439. The van der Waals surface area contributed by atoms with Crippen LogP contribution in [-0.4, -0.2) is 126 Å². The largest absolute Gasteiger partial charge is 0.387 e. The molecule has 204 valence electrons. The molecular weight excluding hydrogens is 472 g/mol. The van der Waals surface area contributed by atoms with Crippen molar-refractivity contribution >= 4 is 5.82 Å². The van der Waals surface area contributed by atoms with E-state index in [1.54, 1.807) is 10.9 Å². The molecule has 11 nitrogen and oxygen atoms in total. The summed E-state index contributed by atoms with van der Waals surface area (Å²) in [4.78, 5) is 13.6. The van der Waals surface area contributed by atoms with Gasteiger partial charge in [0.15, 0.2) is 6.23 Å². The van der Waals surface area contributed by atoms with Crippen LogP contribution in [0.25, 0.3) is 0 Å². The summed E-state index contributed by atoms with van der Waals surface area (Å²) in [6, 6.07) is 10.7. The number of rotatable bonds is 9. The topological polar surface area (TPSA) is 119 Å². The molecule has 11 heteroatoms. The van der Waals surface area contributed by atoms with E-state index in [1.807, 2.05) is 19.0 Å². The molecule has 3 aliphatic rings. The van der Waals surface area contributed by atoms with Crippen molar-refractivity contribution in [3.05, 3.63) is 47.9 Å². The molecule has 0 radical (unpaired) electrons. The van der Waals surface area contributed by atoms with Gasteiger partial charge >= 0.3 is 0 Å². The third kappa shape index (κ3) is 5.99. The standard InChI is InChI=1S/C26H42N8O3/c1-30(10-11-33-14-12-32(13-15-33)9-8-19-6-4-3-5-7-19)16-20-22(35)23(36)26(37-20)34-18-28-21-24(27)29-17-31(2)25(21)34/h3-7,18,20,22-24,26,29,35-36H,8-17,27H2,1-2H3/t20-,22-,23-,24?,26-/m1/s1. The molecule has 5 rings (SSSR count). The van der Waals surface area contributed by atoms with Crippen LogP contribution in [0.15, 0.2) is 36.7 Å². The zero-order valence-corrected chi connectivity index (χ0v) is 22.0. The van der Waals surface area contributed by atoms with Gasteiger partial charge in [0, 0.05) is 59.4 Å². The van der Waals surface area contributed by atoms with Gasteiger partial charge in [0.1, 0.15) is 36.0 Å². The van der Waals surface area contributed by atoms with Gasteiger partial charge in [-0.1, -0.05) is 30.3 Å². The van der Waals surface area contributed by atoms with Crippen molar-refractivity contribution in [2.24, 2.45) is 5.73 Å². The highest BCUT2D eigenvalue weighted by atomic mass is 16.6. The Kier molecular flexibility index (Phi) is 8.42. The molecule has 5 atom stereocenters. The minimum atomic E-state index is -1.04. The molecule has 0 aliphatic carbocycles. The van der Waals surface area contributed by atoms with Crippen LogP contribution >= 0.6 is 0 Å². The fourth-order valence-electron chi connectivity index (χ4n) is 5.56. The van der Waals surface area contributed by atoms with E-state index in [0.29, 0.717) is 18.9 Å². The predicted molar refractivity (Wildman–Crippen MR) is 142 cm³/mol. The number of ether oxygens (including phenoxy) is 1. The fourth-order valence-corrected chi connectivity index (χ4v) is 5.56. The number of likely N-dealkylation sites (N-methyl/N-ethyl adjacent to an activating group) is 1. The molecule has 4 heterocycles. The first-order valence-electron chi connectivity index (χ1n) is 13.4. The highest BCUT2D eigenvalue weighted by Gasteiger charge is 2.45. The third-order valence-electron chi connectivity index (χ3n) is 7.92. The monoisotopic (exact) mass is 514 g/mol. The summed E-state index contributed by atoms with van der Waals surface area (Å²) in [5.74, 6) is 0.805. The zero-order chi connectivity index (χ0) is 25.9. The Labute approximate surface area is 219 Å². The molecule has 0 amide bonds. The summed E-state index contributed by atoms with van der Waals surface area (Å²) in [7, 11) is 3.98. The Morgan fingerprint density at radius 1 is 1.08 bits per heavy atom. The van der Waals surface area contributed by atoms with Crippen LogP contribution in [0.5, 0.6) is 0 Å². The van der Waals surface area contributed by atoms with Crippen LogP contribution < -0.4 is 16.0 Å². The number of fused-ring (bicyclic) bond motifs is 1. The molecular formula is C26H42N8O3. The van der Waals surface area contributed by atoms with E-state index in [2.05, 4.69) is 55.3 Å². The molecule has 2 fully saturated rings. The van der Waals surface area contributed by atoms with Gasteiger partial charge < -0.3 is 35.4 Å². The summed E-state index contributed by atoms with van der Waals surface area (Å²) in [6.07, 6.45) is -0.842. The molecule has 3 aliphatic heterocycles. The Morgan fingerprint density at radius 3 is 2.51 bits per heavy atom. The number of hydrogen-bond acceptors (Lipinski definition) is 10. The Bertz CT molecular complexity index is 999. The summed E-state index contributed by atoms with van der Waals surface area (Å²) in [6.45, 7) is 8.40. The number of benzene rings is 1. The average Bonchev–Trinajstić information content (AvgIpc) is 3.48. The molecule has 37 heavy (non-hydrogen) atoms. The van der Waals surface area contributed by atoms with Gasteiger partial charge in [0.05, 0.1) is 13.0 Å². The normalized spacial score (nSPS) is 29.2. The van der Waals surface area contributed by atoms with Crippen molar-refractivity contribution in [3.8, 4) is 0 Å². The molecule has 0 bridgehead atoms. The quantitative estimate of drug-likeness (QED) is 0.340. The number of nitrogens with zero attached hydrogens (tertiary/aromatic N) is 6. The van der Waals surface area contributed by atoms with Gasteiger partial charge in [-0.2, -0.15) is 0 Å². The van der Waals surface area contributed by atoms with E-state index >= 15 is 0 Å². The van der Waals surface area contributed by atoms with Crippen LogP contribution in [0, 0.1) is 0 Å². The summed E-state index contributed by atoms with van der Waals surface area (Å²) < 4.78 is 7.99.